The van der Waals surface area contributed by atoms with Gasteiger partial charge in [0, 0.05) is 44.0 Å². The van der Waals surface area contributed by atoms with Crippen LogP contribution < -0.4 is 0 Å². The fraction of sp³-hybridized carbons (Fsp3) is 0.143. The molecule has 0 heterocycles. The molecule has 0 aromatic heterocycles. The number of sulfone groups is 1. The molecule has 4 heteroatoms. The van der Waals surface area contributed by atoms with Gasteiger partial charge in [0.25, 0.3) is 0 Å². The van der Waals surface area contributed by atoms with Crippen molar-refractivity contribution < 1.29 is 46.2 Å². The van der Waals surface area contributed by atoms with E-state index in [2.05, 4.69) is 0 Å². The zero-order chi connectivity index (χ0) is 7.61. The Balaban J connectivity index is 0.000001000. The summed E-state index contributed by atoms with van der Waals surface area (Å²) in [4.78, 5) is 0.370. The molecule has 0 aliphatic carbocycles. The molecule has 0 spiro atoms. The van der Waals surface area contributed by atoms with E-state index in [-0.39, 0.29) is 37.7 Å². The summed E-state index contributed by atoms with van der Waals surface area (Å²) in [5.41, 5.74) is 0. The van der Waals surface area contributed by atoms with Gasteiger partial charge in [0.15, 0.2) is 9.84 Å². The van der Waals surface area contributed by atoms with Gasteiger partial charge in [-0.15, -0.1) is 0 Å². The van der Waals surface area contributed by atoms with E-state index in [9.17, 15) is 8.42 Å². The van der Waals surface area contributed by atoms with E-state index in [1.54, 1.807) is 30.3 Å². The third-order valence-electron chi connectivity index (χ3n) is 1.17. The van der Waals surface area contributed by atoms with Crippen molar-refractivity contribution in [2.45, 2.75) is 4.90 Å². The second-order valence-electron chi connectivity index (χ2n) is 2.09. The first kappa shape index (κ1) is 11.4. The molecular formula is C7H8ArO2S. The number of hydrogen-bond donors (Lipinski definition) is 0. The van der Waals surface area contributed by atoms with Crippen molar-refractivity contribution in [2.75, 3.05) is 6.26 Å². The number of benzene rings is 1. The smallest absolute Gasteiger partial charge is 0.175 e. The van der Waals surface area contributed by atoms with Crippen LogP contribution in [0.5, 0.6) is 0 Å². The molecule has 0 saturated heterocycles. The predicted molar refractivity (Wildman–Crippen MR) is 39.6 cm³/mol. The molecule has 0 radical (unpaired) electrons. The van der Waals surface area contributed by atoms with Gasteiger partial charge < -0.3 is 0 Å². The Morgan fingerprint density at radius 1 is 1.09 bits per heavy atom. The second-order valence-corrected chi connectivity index (χ2v) is 4.10. The summed E-state index contributed by atoms with van der Waals surface area (Å²) < 4.78 is 21.7. The van der Waals surface area contributed by atoms with Crippen LogP contribution in [0.2, 0.25) is 0 Å². The Morgan fingerprint density at radius 3 is 1.82 bits per heavy atom. The van der Waals surface area contributed by atoms with Crippen molar-refractivity contribution in [1.82, 2.24) is 0 Å². The Labute approximate surface area is 96.5 Å². The summed E-state index contributed by atoms with van der Waals surface area (Å²) in [5, 5.41) is 0. The number of hydrogen-bond acceptors (Lipinski definition) is 2. The molecular weight excluding hydrogens is 188 g/mol. The average Bonchev–Trinajstić information content (AvgIpc) is 1.88. The average molecular weight is 196 g/mol. The van der Waals surface area contributed by atoms with E-state index in [4.69, 9.17) is 0 Å². The topological polar surface area (TPSA) is 34.1 Å². The molecule has 11 heavy (non-hydrogen) atoms. The van der Waals surface area contributed by atoms with Gasteiger partial charge in [0.2, 0.25) is 0 Å². The molecule has 1 aromatic carbocycles. The molecule has 1 aromatic rings. The Hall–Kier alpha value is 0.430. The molecule has 0 unspecified atom stereocenters. The van der Waals surface area contributed by atoms with Crippen molar-refractivity contribution in [2.24, 2.45) is 0 Å². The van der Waals surface area contributed by atoms with Crippen molar-refractivity contribution in [3.05, 3.63) is 30.3 Å². The van der Waals surface area contributed by atoms with Gasteiger partial charge in [-0.2, -0.15) is 0 Å². The molecule has 2 nitrogen and oxygen atoms in total. The van der Waals surface area contributed by atoms with E-state index < -0.39 is 9.84 Å². The van der Waals surface area contributed by atoms with Crippen molar-refractivity contribution >= 4 is 9.84 Å². The van der Waals surface area contributed by atoms with E-state index in [0.717, 1.165) is 0 Å². The Bertz CT molecular complexity index is 304. The molecule has 0 aliphatic rings. The van der Waals surface area contributed by atoms with Gasteiger partial charge in [-0.3, -0.25) is 0 Å². The molecule has 0 fully saturated rings. The minimum Gasteiger partial charge on any atom is -0.224 e. The zero-order valence-electron chi connectivity index (χ0n) is 5.97. The van der Waals surface area contributed by atoms with Gasteiger partial charge in [0.1, 0.15) is 0 Å². The third kappa shape index (κ3) is 3.56. The largest absolute Gasteiger partial charge is 0.224 e. The molecule has 0 amide bonds. The van der Waals surface area contributed by atoms with Crippen molar-refractivity contribution in [1.29, 1.82) is 0 Å². The maximum atomic E-state index is 10.8. The van der Waals surface area contributed by atoms with Crippen LogP contribution in [0.15, 0.2) is 35.2 Å². The van der Waals surface area contributed by atoms with Gasteiger partial charge in [-0.05, 0) is 12.1 Å². The monoisotopic (exact) mass is 196 g/mol. The molecule has 0 aliphatic heterocycles. The second kappa shape index (κ2) is 4.45. The Morgan fingerprint density at radius 2 is 1.55 bits per heavy atom. The summed E-state index contributed by atoms with van der Waals surface area (Å²) in [6.45, 7) is 0. The van der Waals surface area contributed by atoms with Crippen LogP contribution in [0.4, 0.5) is 0 Å². The standard InChI is InChI=1S/C7H8O2S.Ar/c1-10(8,9)7-5-3-2-4-6-7;/h2-6H,1H3;. The van der Waals surface area contributed by atoms with Gasteiger partial charge >= 0.3 is 0 Å². The van der Waals surface area contributed by atoms with E-state index in [1.165, 1.54) is 6.26 Å². The molecule has 0 N–H and O–H groups in total. The maximum Gasteiger partial charge on any atom is 0.175 e. The normalized spacial score (nSPS) is 10.3. The molecule has 0 atom stereocenters. The van der Waals surface area contributed by atoms with Crippen molar-refractivity contribution in [3.8, 4) is 0 Å². The minimum atomic E-state index is -3.00. The van der Waals surface area contributed by atoms with Gasteiger partial charge in [-0.1, -0.05) is 18.2 Å². The summed E-state index contributed by atoms with van der Waals surface area (Å²) in [7, 11) is -3.00. The molecule has 0 saturated carbocycles. The minimum absolute atomic E-state index is 0. The molecule has 1 rings (SSSR count). The zero-order valence-corrected chi connectivity index (χ0v) is 7.49. The van der Waals surface area contributed by atoms with Crippen molar-refractivity contribution in [3.63, 3.8) is 0 Å². The van der Waals surface area contributed by atoms with Gasteiger partial charge in [-0.25, -0.2) is 8.42 Å². The summed E-state index contributed by atoms with van der Waals surface area (Å²) in [6.07, 6.45) is 1.20. The van der Waals surface area contributed by atoms with Crippen LogP contribution in [-0.2, 0) is 9.84 Å². The van der Waals surface area contributed by atoms with Crippen LogP contribution in [0.25, 0.3) is 0 Å². The summed E-state index contributed by atoms with van der Waals surface area (Å²) in [5.74, 6) is 0. The van der Waals surface area contributed by atoms with Crippen LogP contribution in [0.1, 0.15) is 0 Å². The molecule has 62 valence electrons. The maximum absolute atomic E-state index is 10.8. The first-order chi connectivity index (χ1) is 4.61. The van der Waals surface area contributed by atoms with Crippen LogP contribution in [0, 0.1) is 37.7 Å². The molecule has 0 bridgehead atoms. The summed E-state index contributed by atoms with van der Waals surface area (Å²) >= 11 is 0. The Kier molecular flexibility index (Phi) is 4.63. The first-order valence-corrected chi connectivity index (χ1v) is 4.75. The third-order valence-corrected chi connectivity index (χ3v) is 2.30. The van der Waals surface area contributed by atoms with Crippen LogP contribution in [0.3, 0.4) is 0 Å². The first-order valence-electron chi connectivity index (χ1n) is 2.86. The summed E-state index contributed by atoms with van der Waals surface area (Å²) in [6, 6.07) is 8.35. The predicted octanol–water partition coefficient (Wildman–Crippen LogP) is 1.09. The van der Waals surface area contributed by atoms with Gasteiger partial charge in [0.05, 0.1) is 4.90 Å². The fourth-order valence-electron chi connectivity index (χ4n) is 0.668. The number of rotatable bonds is 1. The van der Waals surface area contributed by atoms with Crippen LogP contribution in [-0.4, -0.2) is 14.7 Å². The quantitative estimate of drug-likeness (QED) is 0.673. The van der Waals surface area contributed by atoms with Crippen LogP contribution >= 0.6 is 0 Å². The van der Waals surface area contributed by atoms with E-state index in [0.29, 0.717) is 4.90 Å². The van der Waals surface area contributed by atoms with E-state index >= 15 is 0 Å². The fourth-order valence-corrected chi connectivity index (χ4v) is 1.32. The van der Waals surface area contributed by atoms with E-state index in [1.807, 2.05) is 0 Å². The SMILES string of the molecule is CS(=O)(=O)c1ccccc1.[Ar].